The van der Waals surface area contributed by atoms with Crippen LogP contribution in [0.5, 0.6) is 17.2 Å². The van der Waals surface area contributed by atoms with Gasteiger partial charge in [0.05, 0.1) is 6.04 Å². The zero-order valence-corrected chi connectivity index (χ0v) is 19.5. The molecule has 0 saturated carbocycles. The molecule has 176 valence electrons. The maximum atomic E-state index is 14.7. The highest BCUT2D eigenvalue weighted by Gasteiger charge is 2.58. The Morgan fingerprint density at radius 3 is 2.14 bits per heavy atom. The van der Waals surface area contributed by atoms with E-state index in [0.717, 1.165) is 27.9 Å². The summed E-state index contributed by atoms with van der Waals surface area (Å²) < 4.78 is 17.9. The Bertz CT molecular complexity index is 1480. The zero-order chi connectivity index (χ0) is 24.3. The molecule has 1 spiro atoms. The zero-order valence-electron chi connectivity index (χ0n) is 19.5. The minimum Gasteiger partial charge on any atom is -0.491 e. The SMILES string of the molecule is C=C1COc2cc3c(cc2O1)OCC31C(=O)N(C(c2ccccc2)c2ccccc2)c2ccccc21. The second kappa shape index (κ2) is 7.75. The second-order valence-corrected chi connectivity index (χ2v) is 9.33. The fourth-order valence-electron chi connectivity index (χ4n) is 5.69. The highest BCUT2D eigenvalue weighted by molar-refractivity contribution is 6.12. The van der Waals surface area contributed by atoms with E-state index in [2.05, 4.69) is 30.8 Å². The summed E-state index contributed by atoms with van der Waals surface area (Å²) >= 11 is 0. The van der Waals surface area contributed by atoms with E-state index >= 15 is 0 Å². The Morgan fingerprint density at radius 2 is 1.42 bits per heavy atom. The Morgan fingerprint density at radius 1 is 0.750 bits per heavy atom. The van der Waals surface area contributed by atoms with Crippen LogP contribution < -0.4 is 19.1 Å². The number of carbonyl (C=O) groups excluding carboxylic acids is 1. The quantitative estimate of drug-likeness (QED) is 0.378. The highest BCUT2D eigenvalue weighted by atomic mass is 16.6. The van der Waals surface area contributed by atoms with Crippen molar-refractivity contribution in [1.29, 1.82) is 0 Å². The molecule has 1 amide bonds. The largest absolute Gasteiger partial charge is 0.491 e. The third kappa shape index (κ3) is 2.86. The van der Waals surface area contributed by atoms with Crippen molar-refractivity contribution >= 4 is 11.6 Å². The lowest BCUT2D eigenvalue weighted by molar-refractivity contribution is -0.122. The molecular weight excluding hydrogens is 450 g/mol. The van der Waals surface area contributed by atoms with Crippen LogP contribution in [0.25, 0.3) is 0 Å². The molecule has 4 aromatic carbocycles. The molecule has 1 atom stereocenters. The van der Waals surface area contributed by atoms with Crippen LogP contribution in [0.3, 0.4) is 0 Å². The highest BCUT2D eigenvalue weighted by Crippen LogP contribution is 2.56. The summed E-state index contributed by atoms with van der Waals surface area (Å²) in [6.45, 7) is 4.35. The normalized spacial score (nSPS) is 19.4. The van der Waals surface area contributed by atoms with Gasteiger partial charge in [-0.1, -0.05) is 85.4 Å². The summed E-state index contributed by atoms with van der Waals surface area (Å²) in [6.07, 6.45) is 0. The first-order valence-electron chi connectivity index (χ1n) is 12.0. The molecule has 0 bridgehead atoms. The second-order valence-electron chi connectivity index (χ2n) is 9.33. The maximum absolute atomic E-state index is 14.7. The van der Waals surface area contributed by atoms with Gasteiger partial charge < -0.3 is 14.2 Å². The van der Waals surface area contributed by atoms with Crippen LogP contribution in [-0.2, 0) is 10.2 Å². The average Bonchev–Trinajstić information content (AvgIpc) is 3.41. The fourth-order valence-corrected chi connectivity index (χ4v) is 5.69. The molecule has 3 heterocycles. The van der Waals surface area contributed by atoms with Gasteiger partial charge in [-0.2, -0.15) is 0 Å². The van der Waals surface area contributed by atoms with Crippen molar-refractivity contribution in [2.45, 2.75) is 11.5 Å². The summed E-state index contributed by atoms with van der Waals surface area (Å²) in [4.78, 5) is 16.7. The number of benzene rings is 4. The molecule has 3 aliphatic heterocycles. The van der Waals surface area contributed by atoms with Crippen LogP contribution in [-0.4, -0.2) is 19.1 Å². The molecule has 0 aromatic heterocycles. The van der Waals surface area contributed by atoms with Crippen molar-refractivity contribution in [3.8, 4) is 17.2 Å². The van der Waals surface area contributed by atoms with Crippen molar-refractivity contribution in [1.82, 2.24) is 0 Å². The van der Waals surface area contributed by atoms with Crippen molar-refractivity contribution in [3.63, 3.8) is 0 Å². The van der Waals surface area contributed by atoms with Crippen LogP contribution in [0.2, 0.25) is 0 Å². The number of hydrogen-bond donors (Lipinski definition) is 0. The van der Waals surface area contributed by atoms with Crippen molar-refractivity contribution < 1.29 is 19.0 Å². The first-order chi connectivity index (χ1) is 17.7. The number of amides is 1. The van der Waals surface area contributed by atoms with Gasteiger partial charge in [0.2, 0.25) is 5.91 Å². The molecule has 0 radical (unpaired) electrons. The lowest BCUT2D eigenvalue weighted by atomic mass is 9.77. The molecule has 1 unspecified atom stereocenters. The molecule has 0 fully saturated rings. The Labute approximate surface area is 209 Å². The van der Waals surface area contributed by atoms with E-state index in [4.69, 9.17) is 14.2 Å². The standard InChI is InChI=1S/C31H23NO4/c1-20-18-34-27-16-24-26(17-28(27)36-20)35-19-31(24)23-14-8-9-15-25(23)32(30(31)33)29(21-10-4-2-5-11-21)22-12-6-3-7-13-22/h2-17,29H,1,18-19H2. The molecule has 7 rings (SSSR count). The van der Waals surface area contributed by atoms with Gasteiger partial charge >= 0.3 is 0 Å². The van der Waals surface area contributed by atoms with E-state index in [-0.39, 0.29) is 25.2 Å². The van der Waals surface area contributed by atoms with E-state index in [1.54, 1.807) is 0 Å². The Kier molecular flexibility index (Phi) is 4.48. The van der Waals surface area contributed by atoms with Crippen molar-refractivity contribution in [2.75, 3.05) is 18.1 Å². The molecule has 5 nitrogen and oxygen atoms in total. The Hall–Kier alpha value is -4.51. The minimum atomic E-state index is -0.972. The van der Waals surface area contributed by atoms with E-state index in [1.807, 2.05) is 77.7 Å². The third-order valence-electron chi connectivity index (χ3n) is 7.29. The smallest absolute Gasteiger partial charge is 0.246 e. The van der Waals surface area contributed by atoms with Crippen LogP contribution >= 0.6 is 0 Å². The molecular formula is C31H23NO4. The minimum absolute atomic E-state index is 0.0127. The number of hydrogen-bond acceptors (Lipinski definition) is 4. The predicted molar refractivity (Wildman–Crippen MR) is 137 cm³/mol. The van der Waals surface area contributed by atoms with Gasteiger partial charge in [0.25, 0.3) is 0 Å². The predicted octanol–water partition coefficient (Wildman–Crippen LogP) is 5.79. The molecule has 0 saturated heterocycles. The van der Waals surface area contributed by atoms with Gasteiger partial charge in [0.1, 0.15) is 30.1 Å². The van der Waals surface area contributed by atoms with Gasteiger partial charge in [-0.3, -0.25) is 9.69 Å². The lowest BCUT2D eigenvalue weighted by Gasteiger charge is -2.31. The number of anilines is 1. The average molecular weight is 474 g/mol. The van der Waals surface area contributed by atoms with Crippen LogP contribution in [0, 0.1) is 0 Å². The first-order valence-corrected chi connectivity index (χ1v) is 12.0. The molecule has 4 aromatic rings. The van der Waals surface area contributed by atoms with E-state index in [0.29, 0.717) is 23.0 Å². The monoisotopic (exact) mass is 473 g/mol. The summed E-state index contributed by atoms with van der Waals surface area (Å²) in [6, 6.07) is 31.8. The fraction of sp³-hybridized carbons (Fsp3) is 0.129. The van der Waals surface area contributed by atoms with E-state index in [9.17, 15) is 4.79 Å². The summed E-state index contributed by atoms with van der Waals surface area (Å²) in [5, 5.41) is 0. The van der Waals surface area contributed by atoms with Gasteiger partial charge in [0, 0.05) is 17.3 Å². The van der Waals surface area contributed by atoms with Crippen LogP contribution in [0.1, 0.15) is 28.3 Å². The van der Waals surface area contributed by atoms with Gasteiger partial charge in [-0.05, 0) is 28.8 Å². The van der Waals surface area contributed by atoms with Gasteiger partial charge in [-0.25, -0.2) is 0 Å². The summed E-state index contributed by atoms with van der Waals surface area (Å²) in [5.41, 5.74) is 3.75. The van der Waals surface area contributed by atoms with E-state index in [1.165, 1.54) is 0 Å². The molecule has 3 aliphatic rings. The number of fused-ring (bicyclic) bond motifs is 5. The molecule has 36 heavy (non-hydrogen) atoms. The third-order valence-corrected chi connectivity index (χ3v) is 7.29. The molecule has 5 heteroatoms. The van der Waals surface area contributed by atoms with E-state index < -0.39 is 5.41 Å². The Balaban J connectivity index is 1.44. The number of carbonyl (C=O) groups is 1. The topological polar surface area (TPSA) is 48.0 Å². The van der Waals surface area contributed by atoms with Gasteiger partial charge in [0.15, 0.2) is 11.5 Å². The van der Waals surface area contributed by atoms with Crippen LogP contribution in [0.15, 0.2) is 109 Å². The van der Waals surface area contributed by atoms with Gasteiger partial charge in [-0.15, -0.1) is 0 Å². The number of ether oxygens (including phenoxy) is 3. The summed E-state index contributed by atoms with van der Waals surface area (Å²) in [5.74, 6) is 2.31. The number of para-hydroxylation sites is 1. The van der Waals surface area contributed by atoms with Crippen molar-refractivity contribution in [2.24, 2.45) is 0 Å². The molecule has 0 aliphatic carbocycles. The maximum Gasteiger partial charge on any atom is 0.246 e. The first kappa shape index (κ1) is 20.8. The number of nitrogens with zero attached hydrogens (tertiary/aromatic N) is 1. The van der Waals surface area contributed by atoms with Crippen molar-refractivity contribution in [3.05, 3.63) is 132 Å². The lowest BCUT2D eigenvalue weighted by Crippen LogP contribution is -2.44. The van der Waals surface area contributed by atoms with Crippen LogP contribution in [0.4, 0.5) is 5.69 Å². The number of rotatable bonds is 3. The summed E-state index contributed by atoms with van der Waals surface area (Å²) in [7, 11) is 0. The molecule has 0 N–H and O–H groups in total.